The molecule has 2 aromatic carbocycles. The molecule has 0 amide bonds. The fourth-order valence-corrected chi connectivity index (χ4v) is 6.20. The number of nitrogens with zero attached hydrogens (tertiary/aromatic N) is 4. The van der Waals surface area contributed by atoms with Crippen LogP contribution in [0.15, 0.2) is 54.1 Å². The fraction of sp³-hybridized carbons (Fsp3) is 0.308. The van der Waals surface area contributed by atoms with Gasteiger partial charge in [-0.1, -0.05) is 6.58 Å². The Morgan fingerprint density at radius 3 is 2.50 bits per heavy atom. The summed E-state index contributed by atoms with van der Waals surface area (Å²) in [6.07, 6.45) is 3.46. The van der Waals surface area contributed by atoms with Crippen LogP contribution in [0, 0.1) is 5.82 Å². The van der Waals surface area contributed by atoms with Crippen LogP contribution in [-0.2, 0) is 13.1 Å². The lowest BCUT2D eigenvalue weighted by Gasteiger charge is -2.43. The SMILES string of the molecule is C=C(c1cc2c(cc1F)NNN2)N1CC[C@H](N2Cc3cnc(Nc4ccc([SH](F)(F)(F)F)cc4)nc3C2)C[C@H]1C. The zero-order chi connectivity index (χ0) is 28.3. The Kier molecular flexibility index (Phi) is 6.31. The smallest absolute Gasteiger partial charge is 0.227 e. The molecule has 1 aromatic heterocycles. The number of hydrogen-bond acceptors (Lipinski definition) is 8. The van der Waals surface area contributed by atoms with Gasteiger partial charge in [0.15, 0.2) is 10.7 Å². The number of fused-ring (bicyclic) bond motifs is 2. The maximum Gasteiger partial charge on any atom is 0.227 e. The molecule has 3 aliphatic heterocycles. The Morgan fingerprint density at radius 2 is 1.80 bits per heavy atom. The minimum atomic E-state index is -7.79. The average Bonchev–Trinajstić information content (AvgIpc) is 3.53. The first-order valence-electron chi connectivity index (χ1n) is 12.8. The molecule has 40 heavy (non-hydrogen) atoms. The Balaban J connectivity index is 1.08. The van der Waals surface area contributed by atoms with Gasteiger partial charge in [0.25, 0.3) is 0 Å². The summed E-state index contributed by atoms with van der Waals surface area (Å²) in [6.45, 7) is 8.37. The Labute approximate surface area is 229 Å². The Morgan fingerprint density at radius 1 is 1.07 bits per heavy atom. The Hall–Kier alpha value is -3.62. The molecule has 0 spiro atoms. The number of piperidine rings is 1. The molecule has 3 aliphatic rings. The van der Waals surface area contributed by atoms with Crippen molar-refractivity contribution >= 4 is 39.4 Å². The molecular formula is C26H29F5N8S. The molecular weight excluding hydrogens is 551 g/mol. The second-order valence-electron chi connectivity index (χ2n) is 10.4. The number of rotatable bonds is 6. The molecule has 3 aromatic rings. The topological polar surface area (TPSA) is 80.4 Å². The van der Waals surface area contributed by atoms with Crippen LogP contribution in [0.3, 0.4) is 0 Å². The van der Waals surface area contributed by atoms with E-state index in [9.17, 15) is 19.9 Å². The van der Waals surface area contributed by atoms with Crippen LogP contribution in [0.5, 0.6) is 0 Å². The highest BCUT2D eigenvalue weighted by Gasteiger charge is 2.39. The highest BCUT2D eigenvalue weighted by Crippen LogP contribution is 2.81. The third kappa shape index (κ3) is 5.13. The molecule has 14 heteroatoms. The zero-order valence-electron chi connectivity index (χ0n) is 21.6. The van der Waals surface area contributed by atoms with E-state index in [2.05, 4.69) is 55.0 Å². The van der Waals surface area contributed by atoms with Gasteiger partial charge in [-0.3, -0.25) is 4.90 Å². The summed E-state index contributed by atoms with van der Waals surface area (Å²) in [4.78, 5) is 12.1. The summed E-state index contributed by atoms with van der Waals surface area (Å²) in [5.74, 6) is -0.0685. The number of hydrazine groups is 2. The van der Waals surface area contributed by atoms with Gasteiger partial charge in [-0.2, -0.15) is 0 Å². The van der Waals surface area contributed by atoms with E-state index in [0.29, 0.717) is 35.7 Å². The predicted molar refractivity (Wildman–Crippen MR) is 148 cm³/mol. The lowest BCUT2D eigenvalue weighted by Crippen LogP contribution is -2.46. The van der Waals surface area contributed by atoms with Gasteiger partial charge in [0, 0.05) is 66.5 Å². The van der Waals surface area contributed by atoms with E-state index < -0.39 is 15.6 Å². The van der Waals surface area contributed by atoms with E-state index in [1.807, 2.05) is 0 Å². The number of anilines is 4. The third-order valence-electron chi connectivity index (χ3n) is 7.72. The second-order valence-corrected chi connectivity index (χ2v) is 12.3. The molecule has 0 radical (unpaired) electrons. The highest BCUT2D eigenvalue weighted by atomic mass is 32.4. The molecule has 0 unspecified atom stereocenters. The Bertz CT molecular complexity index is 1470. The average molecular weight is 581 g/mol. The first-order chi connectivity index (χ1) is 18.9. The van der Waals surface area contributed by atoms with Gasteiger partial charge < -0.3 is 21.1 Å². The number of thiol groups is 1. The molecule has 6 rings (SSSR count). The summed E-state index contributed by atoms with van der Waals surface area (Å²) in [5, 5.41) is 2.90. The molecule has 1 saturated heterocycles. The van der Waals surface area contributed by atoms with Crippen LogP contribution in [0.2, 0.25) is 0 Å². The maximum absolute atomic E-state index is 14.8. The number of benzene rings is 2. The lowest BCUT2D eigenvalue weighted by atomic mass is 9.95. The number of aromatic nitrogens is 2. The monoisotopic (exact) mass is 580 g/mol. The van der Waals surface area contributed by atoms with E-state index in [1.165, 1.54) is 18.2 Å². The van der Waals surface area contributed by atoms with Gasteiger partial charge in [0.1, 0.15) is 5.82 Å². The molecule has 4 heterocycles. The van der Waals surface area contributed by atoms with E-state index in [1.54, 1.807) is 12.3 Å². The molecule has 0 aliphatic carbocycles. The van der Waals surface area contributed by atoms with Crippen LogP contribution in [0.1, 0.15) is 36.6 Å². The summed E-state index contributed by atoms with van der Waals surface area (Å²) < 4.78 is 66.8. The number of halogens is 5. The van der Waals surface area contributed by atoms with E-state index in [4.69, 9.17) is 0 Å². The largest absolute Gasteiger partial charge is 0.369 e. The van der Waals surface area contributed by atoms with Crippen LogP contribution in [0.4, 0.5) is 42.9 Å². The van der Waals surface area contributed by atoms with Crippen LogP contribution in [-0.4, -0.2) is 38.4 Å². The number of nitrogens with one attached hydrogen (secondary N) is 4. The summed E-state index contributed by atoms with van der Waals surface area (Å²) in [5.41, 5.74) is 13.3. The van der Waals surface area contributed by atoms with Crippen molar-refractivity contribution in [2.75, 3.05) is 22.7 Å². The first-order valence-corrected chi connectivity index (χ1v) is 14.6. The third-order valence-corrected chi connectivity index (χ3v) is 8.80. The van der Waals surface area contributed by atoms with Crippen molar-refractivity contribution in [3.05, 3.63) is 71.8 Å². The van der Waals surface area contributed by atoms with Crippen molar-refractivity contribution in [1.29, 1.82) is 0 Å². The van der Waals surface area contributed by atoms with Crippen LogP contribution in [0.25, 0.3) is 5.70 Å². The first kappa shape index (κ1) is 26.6. The molecule has 4 N–H and O–H groups in total. The molecule has 2 atom stereocenters. The van der Waals surface area contributed by atoms with Gasteiger partial charge in [0.2, 0.25) is 5.95 Å². The van der Waals surface area contributed by atoms with Gasteiger partial charge in [-0.25, -0.2) is 14.4 Å². The van der Waals surface area contributed by atoms with Crippen molar-refractivity contribution in [1.82, 2.24) is 25.3 Å². The molecule has 0 bridgehead atoms. The fourth-order valence-electron chi connectivity index (χ4n) is 5.60. The van der Waals surface area contributed by atoms with Gasteiger partial charge in [-0.15, -0.1) is 21.1 Å². The van der Waals surface area contributed by atoms with Gasteiger partial charge in [-0.05, 0) is 50.1 Å². The molecule has 1 fully saturated rings. The van der Waals surface area contributed by atoms with E-state index in [-0.39, 0.29) is 23.8 Å². The molecule has 0 saturated carbocycles. The zero-order valence-corrected chi connectivity index (χ0v) is 22.5. The van der Waals surface area contributed by atoms with Crippen molar-refractivity contribution in [2.45, 2.75) is 49.8 Å². The maximum atomic E-state index is 14.8. The predicted octanol–water partition coefficient (Wildman–Crippen LogP) is 6.43. The lowest BCUT2D eigenvalue weighted by molar-refractivity contribution is 0.102. The summed E-state index contributed by atoms with van der Waals surface area (Å²) in [6, 6.07) is 7.41. The number of hydrogen-bond donors (Lipinski definition) is 5. The van der Waals surface area contributed by atoms with E-state index >= 15 is 0 Å². The van der Waals surface area contributed by atoms with Crippen LogP contribution >= 0.6 is 10.7 Å². The minimum Gasteiger partial charge on any atom is -0.369 e. The van der Waals surface area contributed by atoms with Gasteiger partial charge >= 0.3 is 0 Å². The van der Waals surface area contributed by atoms with Gasteiger partial charge in [0.05, 0.1) is 22.0 Å². The highest BCUT2D eigenvalue weighted by molar-refractivity contribution is 8.33. The quantitative estimate of drug-likeness (QED) is 0.169. The minimum absolute atomic E-state index is 0.140. The molecule has 8 nitrogen and oxygen atoms in total. The van der Waals surface area contributed by atoms with Crippen LogP contribution < -0.4 is 21.7 Å². The van der Waals surface area contributed by atoms with Crippen molar-refractivity contribution in [3.63, 3.8) is 0 Å². The second kappa shape index (κ2) is 9.49. The van der Waals surface area contributed by atoms with Crippen molar-refractivity contribution < 1.29 is 19.9 Å². The summed E-state index contributed by atoms with van der Waals surface area (Å²) >= 11 is 0. The summed E-state index contributed by atoms with van der Waals surface area (Å²) in [7, 11) is -7.79. The number of likely N-dealkylation sites (tertiary alicyclic amines) is 1. The van der Waals surface area contributed by atoms with Crippen molar-refractivity contribution in [2.24, 2.45) is 0 Å². The standard InChI is InChI=1S/C26H29F5N8S/c1-15-9-19(7-8-39(15)16(2)21-10-23-24(11-22(21)27)36-37-35-23)38-13-17-12-32-26(34-25(17)14-38)33-18-3-5-20(6-4-18)40(28,29,30)31/h3-6,10-12,15,19,35-37,40H,2,7-9,13-14H2,1H3,(H,32,33,34)/t15-,19+/m1/s1. The van der Waals surface area contributed by atoms with E-state index in [0.717, 1.165) is 48.5 Å². The van der Waals surface area contributed by atoms with Crippen molar-refractivity contribution in [3.8, 4) is 0 Å². The normalized spacial score (nSPS) is 21.6. The molecule has 214 valence electrons.